The zero-order chi connectivity index (χ0) is 12.4. The number of carbonyl (C=O) groups is 1. The average molecular weight is 233 g/mol. The van der Waals surface area contributed by atoms with Gasteiger partial charge in [0.05, 0.1) is 7.11 Å². The molecule has 1 heterocycles. The molecule has 0 bridgehead atoms. The van der Waals surface area contributed by atoms with E-state index in [0.717, 1.165) is 0 Å². The van der Waals surface area contributed by atoms with E-state index in [0.29, 0.717) is 24.4 Å². The van der Waals surface area contributed by atoms with Crippen molar-refractivity contribution in [3.05, 3.63) is 30.9 Å². The number of phenolic OH excluding ortho intramolecular Hbond substituents is 1. The predicted molar refractivity (Wildman–Crippen MR) is 65.3 cm³/mol. The Hall–Kier alpha value is -1.97. The third kappa shape index (κ3) is 2.11. The number of nitrogens with zero attached hydrogens (tertiary/aromatic N) is 1. The van der Waals surface area contributed by atoms with E-state index >= 15 is 0 Å². The molecule has 1 aliphatic rings. The first kappa shape index (κ1) is 11.5. The zero-order valence-electron chi connectivity index (χ0n) is 9.72. The molecule has 2 rings (SSSR count). The van der Waals surface area contributed by atoms with Crippen LogP contribution in [-0.4, -0.2) is 24.7 Å². The Balaban J connectivity index is 2.26. The van der Waals surface area contributed by atoms with Crippen molar-refractivity contribution in [2.24, 2.45) is 5.92 Å². The normalized spacial score (nSPS) is 19.5. The summed E-state index contributed by atoms with van der Waals surface area (Å²) in [6.45, 7) is 4.32. The largest absolute Gasteiger partial charge is 0.504 e. The summed E-state index contributed by atoms with van der Waals surface area (Å²) >= 11 is 0. The van der Waals surface area contributed by atoms with Gasteiger partial charge in [-0.3, -0.25) is 4.79 Å². The molecule has 0 spiro atoms. The average Bonchev–Trinajstić information content (AvgIpc) is 2.70. The molecule has 17 heavy (non-hydrogen) atoms. The second-order valence-corrected chi connectivity index (χ2v) is 4.06. The second-order valence-electron chi connectivity index (χ2n) is 4.06. The molecule has 0 saturated carbocycles. The first-order valence-corrected chi connectivity index (χ1v) is 5.45. The van der Waals surface area contributed by atoms with Gasteiger partial charge >= 0.3 is 0 Å². The van der Waals surface area contributed by atoms with Crippen LogP contribution < -0.4 is 9.64 Å². The first-order valence-electron chi connectivity index (χ1n) is 5.45. The smallest absolute Gasteiger partial charge is 0.227 e. The lowest BCUT2D eigenvalue weighted by Crippen LogP contribution is -2.24. The van der Waals surface area contributed by atoms with Crippen molar-refractivity contribution in [2.75, 3.05) is 18.6 Å². The molecular formula is C13H15NO3. The number of carbonyl (C=O) groups excluding carboxylic acids is 1. The summed E-state index contributed by atoms with van der Waals surface area (Å²) in [6, 6.07) is 4.96. The van der Waals surface area contributed by atoms with Crippen LogP contribution in [-0.2, 0) is 4.79 Å². The highest BCUT2D eigenvalue weighted by Crippen LogP contribution is 2.33. The minimum Gasteiger partial charge on any atom is -0.504 e. The van der Waals surface area contributed by atoms with Crippen LogP contribution in [0.5, 0.6) is 11.5 Å². The Bertz CT molecular complexity index is 456. The molecule has 90 valence electrons. The van der Waals surface area contributed by atoms with Gasteiger partial charge in [0.15, 0.2) is 11.5 Å². The van der Waals surface area contributed by atoms with Gasteiger partial charge < -0.3 is 14.7 Å². The van der Waals surface area contributed by atoms with Crippen molar-refractivity contribution >= 4 is 11.6 Å². The molecule has 1 aromatic carbocycles. The van der Waals surface area contributed by atoms with E-state index in [4.69, 9.17) is 4.74 Å². The Labute approximate surface area is 100 Å². The van der Waals surface area contributed by atoms with Crippen LogP contribution in [0.2, 0.25) is 0 Å². The number of amides is 1. The molecule has 0 aliphatic carbocycles. The summed E-state index contributed by atoms with van der Waals surface area (Å²) in [5, 5.41) is 9.68. The number of anilines is 1. The molecule has 1 aromatic rings. The minimum absolute atomic E-state index is 0.0415. The fraction of sp³-hybridized carbons (Fsp3) is 0.308. The fourth-order valence-electron chi connectivity index (χ4n) is 1.99. The number of hydrogen-bond acceptors (Lipinski definition) is 3. The number of ether oxygens (including phenoxy) is 1. The van der Waals surface area contributed by atoms with Crippen LogP contribution in [0.25, 0.3) is 0 Å². The van der Waals surface area contributed by atoms with Crippen LogP contribution >= 0.6 is 0 Å². The number of hydrogen-bond donors (Lipinski definition) is 1. The van der Waals surface area contributed by atoms with Crippen molar-refractivity contribution in [1.82, 2.24) is 0 Å². The monoisotopic (exact) mass is 233 g/mol. The van der Waals surface area contributed by atoms with E-state index < -0.39 is 0 Å². The molecule has 1 aliphatic heterocycles. The van der Waals surface area contributed by atoms with Crippen molar-refractivity contribution in [1.29, 1.82) is 0 Å². The molecular weight excluding hydrogens is 218 g/mol. The summed E-state index contributed by atoms with van der Waals surface area (Å²) in [5.41, 5.74) is 0.692. The van der Waals surface area contributed by atoms with Gasteiger partial charge in [-0.15, -0.1) is 6.58 Å². The van der Waals surface area contributed by atoms with Gasteiger partial charge in [0.25, 0.3) is 0 Å². The van der Waals surface area contributed by atoms with Gasteiger partial charge in [0, 0.05) is 30.6 Å². The van der Waals surface area contributed by atoms with Crippen molar-refractivity contribution < 1.29 is 14.6 Å². The van der Waals surface area contributed by atoms with Crippen molar-refractivity contribution in [3.63, 3.8) is 0 Å². The van der Waals surface area contributed by atoms with E-state index in [9.17, 15) is 9.90 Å². The number of methoxy groups -OCH3 is 1. The highest BCUT2D eigenvalue weighted by atomic mass is 16.5. The highest BCUT2D eigenvalue weighted by molar-refractivity contribution is 5.96. The molecule has 0 radical (unpaired) electrons. The molecule has 1 atom stereocenters. The highest BCUT2D eigenvalue weighted by Gasteiger charge is 2.28. The molecule has 1 unspecified atom stereocenters. The fourth-order valence-corrected chi connectivity index (χ4v) is 1.99. The SMILES string of the molecule is C=CC1CC(=O)N(c2ccc(OC)c(O)c2)C1. The van der Waals surface area contributed by atoms with E-state index in [1.807, 2.05) is 0 Å². The van der Waals surface area contributed by atoms with Gasteiger partial charge in [0.1, 0.15) is 0 Å². The maximum atomic E-state index is 11.8. The Morgan fingerprint density at radius 3 is 2.88 bits per heavy atom. The van der Waals surface area contributed by atoms with Gasteiger partial charge in [0.2, 0.25) is 5.91 Å². The van der Waals surface area contributed by atoms with Crippen LogP contribution in [0.15, 0.2) is 30.9 Å². The van der Waals surface area contributed by atoms with E-state index in [2.05, 4.69) is 6.58 Å². The Morgan fingerprint density at radius 2 is 2.35 bits per heavy atom. The van der Waals surface area contributed by atoms with E-state index in [1.165, 1.54) is 7.11 Å². The predicted octanol–water partition coefficient (Wildman–Crippen LogP) is 1.94. The zero-order valence-corrected chi connectivity index (χ0v) is 9.72. The molecule has 1 amide bonds. The quantitative estimate of drug-likeness (QED) is 0.812. The summed E-state index contributed by atoms with van der Waals surface area (Å²) in [4.78, 5) is 13.4. The topological polar surface area (TPSA) is 49.8 Å². The minimum atomic E-state index is 0.0415. The van der Waals surface area contributed by atoms with E-state index in [-0.39, 0.29) is 17.6 Å². The second kappa shape index (κ2) is 4.49. The standard InChI is InChI=1S/C13H15NO3/c1-3-9-6-13(16)14(8-9)10-4-5-12(17-2)11(15)7-10/h3-5,7,9,15H,1,6,8H2,2H3. The number of aromatic hydroxyl groups is 1. The third-order valence-corrected chi connectivity index (χ3v) is 2.96. The molecule has 1 saturated heterocycles. The third-order valence-electron chi connectivity index (χ3n) is 2.96. The van der Waals surface area contributed by atoms with Gasteiger partial charge in [-0.05, 0) is 12.1 Å². The summed E-state index contributed by atoms with van der Waals surface area (Å²) in [7, 11) is 1.49. The maximum absolute atomic E-state index is 11.8. The van der Waals surface area contributed by atoms with Crippen molar-refractivity contribution in [2.45, 2.75) is 6.42 Å². The lowest BCUT2D eigenvalue weighted by molar-refractivity contribution is -0.117. The number of benzene rings is 1. The molecule has 0 aromatic heterocycles. The Morgan fingerprint density at radius 1 is 1.59 bits per heavy atom. The Kier molecular flexibility index (Phi) is 3.04. The van der Waals surface area contributed by atoms with E-state index in [1.54, 1.807) is 29.2 Å². The van der Waals surface area contributed by atoms with Crippen molar-refractivity contribution in [3.8, 4) is 11.5 Å². The molecule has 4 nitrogen and oxygen atoms in total. The van der Waals surface area contributed by atoms with Crippen LogP contribution in [0.1, 0.15) is 6.42 Å². The first-order chi connectivity index (χ1) is 8.15. The van der Waals surface area contributed by atoms with Crippen LogP contribution in [0.4, 0.5) is 5.69 Å². The summed E-state index contributed by atoms with van der Waals surface area (Å²) in [6.07, 6.45) is 2.28. The van der Waals surface area contributed by atoms with Gasteiger partial charge in [-0.1, -0.05) is 6.08 Å². The molecule has 1 fully saturated rings. The molecule has 4 heteroatoms. The lowest BCUT2D eigenvalue weighted by atomic mass is 10.1. The van der Waals surface area contributed by atoms with Gasteiger partial charge in [-0.25, -0.2) is 0 Å². The number of phenols is 1. The lowest BCUT2D eigenvalue weighted by Gasteiger charge is -2.17. The van der Waals surface area contributed by atoms with Gasteiger partial charge in [-0.2, -0.15) is 0 Å². The van der Waals surface area contributed by atoms with Crippen LogP contribution in [0, 0.1) is 5.92 Å². The molecule has 1 N–H and O–H groups in total. The number of rotatable bonds is 3. The summed E-state index contributed by atoms with van der Waals surface area (Å²) in [5.74, 6) is 0.687. The van der Waals surface area contributed by atoms with Crippen LogP contribution in [0.3, 0.4) is 0 Å². The summed E-state index contributed by atoms with van der Waals surface area (Å²) < 4.78 is 4.96. The maximum Gasteiger partial charge on any atom is 0.227 e.